The fraction of sp³-hybridized carbons (Fsp3) is 0.120. The molecule has 1 N–H and O–H groups in total. The van der Waals surface area contributed by atoms with Gasteiger partial charge in [-0.25, -0.2) is 0 Å². The van der Waals surface area contributed by atoms with E-state index in [0.717, 1.165) is 100 Å². The third-order valence-corrected chi connectivity index (χ3v) is 10.8. The minimum Gasteiger partial charge on any atom is -0.456 e. The van der Waals surface area contributed by atoms with Gasteiger partial charge in [-0.2, -0.15) is 0 Å². The topological polar surface area (TPSA) is 72.8 Å². The highest BCUT2D eigenvalue weighted by atomic mass is 16.3. The zero-order valence-corrected chi connectivity index (χ0v) is 30.6. The van der Waals surface area contributed by atoms with Crippen molar-refractivity contribution in [3.05, 3.63) is 169 Å². The van der Waals surface area contributed by atoms with E-state index in [9.17, 15) is 5.11 Å². The van der Waals surface area contributed by atoms with E-state index in [1.54, 1.807) is 0 Å². The van der Waals surface area contributed by atoms with E-state index in [1.165, 1.54) is 0 Å². The molecule has 0 radical (unpaired) electrons. The first-order chi connectivity index (χ1) is 26.8. The smallest absolute Gasteiger partial charge is 0.135 e. The van der Waals surface area contributed by atoms with Crippen LogP contribution in [0.3, 0.4) is 0 Å². The lowest BCUT2D eigenvalue weighted by Gasteiger charge is -2.30. The quantitative estimate of drug-likeness (QED) is 0.161. The Bertz CT molecular complexity index is 2480. The molecule has 0 fully saturated rings. The van der Waals surface area contributed by atoms with Crippen LogP contribution in [0.1, 0.15) is 25.0 Å². The number of hydrogen-bond donors (Lipinski definition) is 1. The molecule has 0 spiro atoms. The van der Waals surface area contributed by atoms with E-state index < -0.39 is 5.60 Å². The van der Waals surface area contributed by atoms with Gasteiger partial charge in [0.25, 0.3) is 0 Å². The van der Waals surface area contributed by atoms with Crippen LogP contribution in [-0.2, 0) is 12.8 Å². The molecule has 0 aliphatic heterocycles. The van der Waals surface area contributed by atoms with E-state index in [1.807, 2.05) is 86.6 Å². The molecule has 0 aliphatic rings. The van der Waals surface area contributed by atoms with Crippen LogP contribution in [-0.4, -0.2) is 10.7 Å². The van der Waals surface area contributed by atoms with Crippen LogP contribution >= 0.6 is 0 Å². The molecule has 0 atom stereocenters. The highest BCUT2D eigenvalue weighted by Crippen LogP contribution is 2.39. The summed E-state index contributed by atoms with van der Waals surface area (Å²) in [5.74, 6) is 2.99. The van der Waals surface area contributed by atoms with E-state index >= 15 is 0 Å². The number of para-hydroxylation sites is 4. The molecular formula is C50H38O5. The normalized spacial score (nSPS) is 12.2. The van der Waals surface area contributed by atoms with E-state index in [4.69, 9.17) is 17.7 Å². The summed E-state index contributed by atoms with van der Waals surface area (Å²) in [5, 5.41) is 16.0. The van der Waals surface area contributed by atoms with Crippen molar-refractivity contribution in [2.75, 3.05) is 0 Å². The number of benzene rings is 6. The van der Waals surface area contributed by atoms with Gasteiger partial charge in [0.15, 0.2) is 0 Å². The van der Waals surface area contributed by atoms with Gasteiger partial charge in [0.1, 0.15) is 45.4 Å². The van der Waals surface area contributed by atoms with Crippen LogP contribution < -0.4 is 0 Å². The van der Waals surface area contributed by atoms with Crippen molar-refractivity contribution in [3.8, 4) is 45.3 Å². The van der Waals surface area contributed by atoms with Crippen LogP contribution in [0.25, 0.3) is 89.2 Å². The summed E-state index contributed by atoms with van der Waals surface area (Å²) in [6.07, 6.45) is 1.22. The molecule has 0 unspecified atom stereocenters. The molecule has 5 heteroatoms. The fourth-order valence-electron chi connectivity index (χ4n) is 7.83. The maximum Gasteiger partial charge on any atom is 0.135 e. The number of furan rings is 4. The second kappa shape index (κ2) is 13.1. The van der Waals surface area contributed by atoms with Gasteiger partial charge in [-0.1, -0.05) is 72.8 Å². The minimum absolute atomic E-state index is 0.156. The van der Waals surface area contributed by atoms with E-state index in [0.29, 0.717) is 12.8 Å². The summed E-state index contributed by atoms with van der Waals surface area (Å²) in [7, 11) is 0. The Morgan fingerprint density at radius 3 is 0.927 bits per heavy atom. The SMILES string of the molecule is CC(C)(O)C(Cc1cc(-c2cc3ccccc3o2)cc(-c2cc3ccccc3o2)c1)Cc1cc(-c2cc3ccccc3o2)cc(-c2cc3ccccc3o2)c1. The van der Waals surface area contributed by atoms with Crippen molar-refractivity contribution >= 4 is 43.9 Å². The largest absolute Gasteiger partial charge is 0.456 e. The van der Waals surface area contributed by atoms with Crippen LogP contribution in [0.2, 0.25) is 0 Å². The summed E-state index contributed by atoms with van der Waals surface area (Å²) in [6, 6.07) is 53.7. The molecule has 0 amide bonds. The minimum atomic E-state index is -1.01. The van der Waals surface area contributed by atoms with Crippen molar-refractivity contribution in [1.29, 1.82) is 0 Å². The molecule has 0 saturated carbocycles. The molecule has 0 saturated heterocycles. The molecule has 0 aliphatic carbocycles. The van der Waals surface area contributed by atoms with Crippen LogP contribution in [0.15, 0.2) is 175 Å². The molecule has 10 rings (SSSR count). The van der Waals surface area contributed by atoms with Gasteiger partial charge in [0.2, 0.25) is 0 Å². The number of rotatable bonds is 9. The molecule has 10 aromatic rings. The summed E-state index contributed by atoms with van der Waals surface area (Å²) >= 11 is 0. The molecular weight excluding hydrogens is 681 g/mol. The molecule has 5 nitrogen and oxygen atoms in total. The highest BCUT2D eigenvalue weighted by Gasteiger charge is 2.29. The van der Waals surface area contributed by atoms with Gasteiger partial charge in [0.05, 0.1) is 5.60 Å². The lowest BCUT2D eigenvalue weighted by Crippen LogP contribution is -2.34. The van der Waals surface area contributed by atoms with Crippen molar-refractivity contribution in [1.82, 2.24) is 0 Å². The van der Waals surface area contributed by atoms with Crippen molar-refractivity contribution in [3.63, 3.8) is 0 Å². The van der Waals surface area contributed by atoms with Gasteiger partial charge in [-0.3, -0.25) is 0 Å². The van der Waals surface area contributed by atoms with Crippen LogP contribution in [0.4, 0.5) is 0 Å². The zero-order valence-electron chi connectivity index (χ0n) is 30.6. The van der Waals surface area contributed by atoms with E-state index in [2.05, 4.69) is 84.9 Å². The van der Waals surface area contributed by atoms with Gasteiger partial charge >= 0.3 is 0 Å². The van der Waals surface area contributed by atoms with Crippen LogP contribution in [0.5, 0.6) is 0 Å². The van der Waals surface area contributed by atoms with Gasteiger partial charge in [-0.15, -0.1) is 0 Å². The third-order valence-electron chi connectivity index (χ3n) is 10.8. The number of hydrogen-bond acceptors (Lipinski definition) is 5. The second-order valence-corrected chi connectivity index (χ2v) is 15.2. The average molecular weight is 719 g/mol. The van der Waals surface area contributed by atoms with Crippen molar-refractivity contribution in [2.45, 2.75) is 32.3 Å². The summed E-state index contributed by atoms with van der Waals surface area (Å²) in [4.78, 5) is 0. The summed E-state index contributed by atoms with van der Waals surface area (Å²) < 4.78 is 25.5. The maximum atomic E-state index is 11.9. The molecule has 4 heterocycles. The van der Waals surface area contributed by atoms with Crippen LogP contribution in [0, 0.1) is 5.92 Å². The van der Waals surface area contributed by atoms with Gasteiger partial charge in [0, 0.05) is 43.8 Å². The van der Waals surface area contributed by atoms with Gasteiger partial charge in [-0.05, 0) is 129 Å². The maximum absolute atomic E-state index is 11.9. The molecule has 55 heavy (non-hydrogen) atoms. The Labute approximate surface area is 318 Å². The lowest BCUT2D eigenvalue weighted by molar-refractivity contribution is 0.0171. The number of aliphatic hydroxyl groups is 1. The first-order valence-corrected chi connectivity index (χ1v) is 18.8. The molecule has 268 valence electrons. The summed E-state index contributed by atoms with van der Waals surface area (Å²) in [5.41, 5.74) is 8.33. The summed E-state index contributed by atoms with van der Waals surface area (Å²) in [6.45, 7) is 3.81. The zero-order chi connectivity index (χ0) is 37.1. The first kappa shape index (κ1) is 33.0. The monoisotopic (exact) mass is 718 g/mol. The fourth-order valence-corrected chi connectivity index (χ4v) is 7.83. The standard InChI is InChI=1S/C50H38O5/c1-50(2,51)41(23-31-19-37(46-27-33-11-3-7-15-42(33)52-46)25-38(20-31)47-28-34-12-4-8-16-43(34)53-47)24-32-21-39(48-29-35-13-5-9-17-44(35)54-48)26-40(22-32)49-30-36-14-6-10-18-45(36)55-49/h3-22,25-30,41,51H,23-24H2,1-2H3. The first-order valence-electron chi connectivity index (χ1n) is 18.8. The Balaban J connectivity index is 1.07. The van der Waals surface area contributed by atoms with E-state index in [-0.39, 0.29) is 5.92 Å². The predicted molar refractivity (Wildman–Crippen MR) is 221 cm³/mol. The van der Waals surface area contributed by atoms with Crippen molar-refractivity contribution < 1.29 is 22.8 Å². The predicted octanol–water partition coefficient (Wildman–Crippen LogP) is 13.5. The molecule has 4 aromatic heterocycles. The Morgan fingerprint density at radius 1 is 0.400 bits per heavy atom. The lowest BCUT2D eigenvalue weighted by atomic mass is 9.80. The second-order valence-electron chi connectivity index (χ2n) is 15.2. The Hall–Kier alpha value is -6.56. The molecule has 6 aromatic carbocycles. The van der Waals surface area contributed by atoms with Crippen molar-refractivity contribution in [2.24, 2.45) is 5.92 Å². The Morgan fingerprint density at radius 2 is 0.673 bits per heavy atom. The third kappa shape index (κ3) is 6.43. The average Bonchev–Trinajstić information content (AvgIpc) is 4.01. The highest BCUT2D eigenvalue weighted by molar-refractivity contribution is 5.88. The number of fused-ring (bicyclic) bond motifs is 4. The molecule has 0 bridgehead atoms. The van der Waals surface area contributed by atoms with Gasteiger partial charge < -0.3 is 22.8 Å². The Kier molecular flexibility index (Phi) is 7.86.